The lowest BCUT2D eigenvalue weighted by atomic mass is 9.95. The first kappa shape index (κ1) is 26.2. The van der Waals surface area contributed by atoms with Crippen LogP contribution in [-0.4, -0.2) is 45.7 Å². The van der Waals surface area contributed by atoms with Crippen LogP contribution < -0.4 is 0 Å². The molecule has 1 saturated heterocycles. The smallest absolute Gasteiger partial charge is 0.246 e. The van der Waals surface area contributed by atoms with E-state index < -0.39 is 0 Å². The molecule has 5 rings (SSSR count). The van der Waals surface area contributed by atoms with Crippen LogP contribution in [0.3, 0.4) is 0 Å². The predicted octanol–water partition coefficient (Wildman–Crippen LogP) is 6.34. The van der Waals surface area contributed by atoms with Crippen LogP contribution in [0.1, 0.15) is 99.5 Å². The summed E-state index contributed by atoms with van der Waals surface area (Å²) in [6.07, 6.45) is 5.41. The van der Waals surface area contributed by atoms with Crippen LogP contribution in [0.4, 0.5) is 0 Å². The number of nitrogens with zero attached hydrogens (tertiary/aromatic N) is 4. The second kappa shape index (κ2) is 10.4. The van der Waals surface area contributed by atoms with Crippen molar-refractivity contribution in [3.8, 4) is 6.07 Å². The summed E-state index contributed by atoms with van der Waals surface area (Å²) < 4.78 is 8.06. The highest BCUT2D eigenvalue weighted by molar-refractivity contribution is 5.96. The number of pyridine rings is 1. The molecular weight excluding hydrogens is 472 g/mol. The van der Waals surface area contributed by atoms with Crippen molar-refractivity contribution in [2.75, 3.05) is 13.1 Å². The van der Waals surface area contributed by atoms with Gasteiger partial charge in [0, 0.05) is 30.2 Å². The molecule has 0 bridgehead atoms. The van der Waals surface area contributed by atoms with E-state index in [9.17, 15) is 10.1 Å². The molecule has 1 aromatic carbocycles. The van der Waals surface area contributed by atoms with Crippen molar-refractivity contribution in [2.24, 2.45) is 0 Å². The first-order valence-electron chi connectivity index (χ1n) is 13.9. The van der Waals surface area contributed by atoms with Gasteiger partial charge in [0.25, 0.3) is 0 Å². The van der Waals surface area contributed by atoms with Gasteiger partial charge in [-0.15, -0.1) is 0 Å². The number of amides is 1. The summed E-state index contributed by atoms with van der Waals surface area (Å²) in [5.74, 6) is 0.429. The number of rotatable bonds is 5. The number of hydrogen-bond donors (Lipinski definition) is 0. The van der Waals surface area contributed by atoms with E-state index in [1.807, 2.05) is 24.8 Å². The lowest BCUT2D eigenvalue weighted by molar-refractivity contribution is -0.137. The number of fused-ring (bicyclic) bond motifs is 2. The lowest BCUT2D eigenvalue weighted by Crippen LogP contribution is -2.47. The summed E-state index contributed by atoms with van der Waals surface area (Å²) in [6.45, 7) is 13.8. The Morgan fingerprint density at radius 1 is 1.13 bits per heavy atom. The molecule has 1 fully saturated rings. The minimum absolute atomic E-state index is 0.000497. The Bertz CT molecular complexity index is 1430. The third kappa shape index (κ3) is 4.65. The van der Waals surface area contributed by atoms with Gasteiger partial charge in [-0.2, -0.15) is 5.26 Å². The van der Waals surface area contributed by atoms with E-state index in [2.05, 4.69) is 68.7 Å². The number of aryl methyl sites for hydroxylation is 1. The molecule has 1 aliphatic carbocycles. The minimum atomic E-state index is -0.0561. The van der Waals surface area contributed by atoms with E-state index in [0.29, 0.717) is 18.7 Å². The molecule has 3 heterocycles. The van der Waals surface area contributed by atoms with Crippen molar-refractivity contribution in [3.05, 3.63) is 70.0 Å². The fourth-order valence-electron chi connectivity index (χ4n) is 6.12. The van der Waals surface area contributed by atoms with E-state index in [-0.39, 0.29) is 36.0 Å². The molecule has 3 unspecified atom stereocenters. The monoisotopic (exact) mass is 510 g/mol. The molecule has 198 valence electrons. The van der Waals surface area contributed by atoms with Gasteiger partial charge in [0.1, 0.15) is 11.7 Å². The van der Waals surface area contributed by atoms with Gasteiger partial charge in [-0.3, -0.25) is 4.79 Å². The molecule has 2 aromatic heterocycles. The molecule has 3 atom stereocenters. The predicted molar refractivity (Wildman–Crippen MR) is 151 cm³/mol. The highest BCUT2D eigenvalue weighted by Gasteiger charge is 2.31. The van der Waals surface area contributed by atoms with Gasteiger partial charge in [0.2, 0.25) is 5.91 Å². The number of aromatic nitrogens is 2. The van der Waals surface area contributed by atoms with Crippen LogP contribution in [0.5, 0.6) is 0 Å². The number of morpholine rings is 1. The highest BCUT2D eigenvalue weighted by atomic mass is 16.5. The standard InChI is InChI=1S/C32H38N4O2/c1-19(2)25-15-27(20(3)4)34-32-31(25)26(16-33)29(13-14-30(37)35-17-21(5)38-22(6)18-35)36(32)28-12-11-23-9-7-8-10-24(23)28/h7-10,13-15,19-22,28H,11-12,17-18H2,1-6H3. The average molecular weight is 511 g/mol. The summed E-state index contributed by atoms with van der Waals surface area (Å²) >= 11 is 0. The number of nitriles is 1. The molecule has 1 amide bonds. The maximum absolute atomic E-state index is 13.3. The molecule has 0 saturated carbocycles. The number of ether oxygens (including phenoxy) is 1. The zero-order chi connectivity index (χ0) is 27.1. The summed E-state index contributed by atoms with van der Waals surface area (Å²) in [5, 5.41) is 11.4. The van der Waals surface area contributed by atoms with Crippen LogP contribution in [0.2, 0.25) is 0 Å². The maximum atomic E-state index is 13.3. The Labute approximate surface area is 225 Å². The first-order chi connectivity index (χ1) is 18.2. The largest absolute Gasteiger partial charge is 0.372 e. The summed E-state index contributed by atoms with van der Waals surface area (Å²) in [6, 6.07) is 13.3. The topological polar surface area (TPSA) is 71.2 Å². The first-order valence-corrected chi connectivity index (χ1v) is 13.9. The third-order valence-corrected chi connectivity index (χ3v) is 7.90. The van der Waals surface area contributed by atoms with Gasteiger partial charge in [0.15, 0.2) is 0 Å². The fourth-order valence-corrected chi connectivity index (χ4v) is 6.12. The molecule has 3 aromatic rings. The molecule has 1 aliphatic heterocycles. The fraction of sp³-hybridized carbons (Fsp3) is 0.469. The highest BCUT2D eigenvalue weighted by Crippen LogP contribution is 2.42. The Morgan fingerprint density at radius 2 is 1.84 bits per heavy atom. The van der Waals surface area contributed by atoms with Crippen LogP contribution in [0.15, 0.2) is 36.4 Å². The molecule has 0 radical (unpaired) electrons. The maximum Gasteiger partial charge on any atom is 0.246 e. The molecular formula is C32H38N4O2. The molecule has 0 spiro atoms. The van der Waals surface area contributed by atoms with Gasteiger partial charge in [0.05, 0.1) is 29.5 Å². The SMILES string of the molecule is CC1CN(C(=O)C=Cc2c(C#N)c3c(C(C)C)cc(C(C)C)nc3n2C2CCc3ccccc32)CC(C)O1. The Kier molecular flexibility index (Phi) is 7.15. The molecule has 0 N–H and O–H groups in total. The van der Waals surface area contributed by atoms with E-state index in [1.165, 1.54) is 11.1 Å². The van der Waals surface area contributed by atoms with Crippen LogP contribution in [0.25, 0.3) is 17.1 Å². The summed E-state index contributed by atoms with van der Waals surface area (Å²) in [7, 11) is 0. The third-order valence-electron chi connectivity index (χ3n) is 7.90. The van der Waals surface area contributed by atoms with Gasteiger partial charge in [-0.05, 0) is 67.4 Å². The number of carbonyl (C=O) groups excluding carboxylic acids is 1. The van der Waals surface area contributed by atoms with Crippen molar-refractivity contribution >= 4 is 23.0 Å². The number of benzene rings is 1. The minimum Gasteiger partial charge on any atom is -0.372 e. The van der Waals surface area contributed by atoms with Crippen LogP contribution in [0, 0.1) is 11.3 Å². The van der Waals surface area contributed by atoms with Gasteiger partial charge in [-0.1, -0.05) is 52.0 Å². The number of carbonyl (C=O) groups is 1. The molecule has 38 heavy (non-hydrogen) atoms. The van der Waals surface area contributed by atoms with Crippen molar-refractivity contribution in [3.63, 3.8) is 0 Å². The quantitative estimate of drug-likeness (QED) is 0.376. The lowest BCUT2D eigenvalue weighted by Gasteiger charge is -2.34. The number of hydrogen-bond acceptors (Lipinski definition) is 4. The normalized spacial score (nSPS) is 21.6. The molecule has 6 heteroatoms. The van der Waals surface area contributed by atoms with Crippen molar-refractivity contribution in [1.29, 1.82) is 5.26 Å². The molecule has 6 nitrogen and oxygen atoms in total. The van der Waals surface area contributed by atoms with Crippen LogP contribution in [-0.2, 0) is 16.0 Å². The van der Waals surface area contributed by atoms with E-state index in [0.717, 1.165) is 40.8 Å². The van der Waals surface area contributed by atoms with Gasteiger partial charge < -0.3 is 14.2 Å². The van der Waals surface area contributed by atoms with Gasteiger partial charge in [-0.25, -0.2) is 4.98 Å². The Morgan fingerprint density at radius 3 is 2.50 bits per heavy atom. The van der Waals surface area contributed by atoms with Crippen molar-refractivity contribution < 1.29 is 9.53 Å². The van der Waals surface area contributed by atoms with Crippen molar-refractivity contribution in [2.45, 2.75) is 84.5 Å². The Hall–Kier alpha value is -3.43. The Balaban J connectivity index is 1.72. The second-order valence-corrected chi connectivity index (χ2v) is 11.5. The van der Waals surface area contributed by atoms with Crippen LogP contribution >= 0.6 is 0 Å². The van der Waals surface area contributed by atoms with Gasteiger partial charge >= 0.3 is 0 Å². The van der Waals surface area contributed by atoms with E-state index >= 15 is 0 Å². The van der Waals surface area contributed by atoms with E-state index in [4.69, 9.17) is 9.72 Å². The van der Waals surface area contributed by atoms with E-state index in [1.54, 1.807) is 6.08 Å². The molecule has 2 aliphatic rings. The summed E-state index contributed by atoms with van der Waals surface area (Å²) in [5.41, 5.74) is 6.98. The average Bonchev–Trinajstić information content (AvgIpc) is 3.43. The summed E-state index contributed by atoms with van der Waals surface area (Å²) in [4.78, 5) is 20.3. The van der Waals surface area contributed by atoms with Crippen molar-refractivity contribution in [1.82, 2.24) is 14.5 Å². The second-order valence-electron chi connectivity index (χ2n) is 11.5. The zero-order valence-corrected chi connectivity index (χ0v) is 23.4. The zero-order valence-electron chi connectivity index (χ0n) is 23.4.